The van der Waals surface area contributed by atoms with E-state index in [1.165, 1.54) is 7.11 Å². The highest BCUT2D eigenvalue weighted by Crippen LogP contribution is 1.96. The first kappa shape index (κ1) is 11.1. The number of hydrogen-bond donors (Lipinski definition) is 1. The van der Waals surface area contributed by atoms with Crippen LogP contribution in [0.1, 0.15) is 6.42 Å². The Balaban J connectivity index is 2.29. The van der Waals surface area contributed by atoms with Crippen LogP contribution in [0.4, 0.5) is 0 Å². The lowest BCUT2D eigenvalue weighted by Crippen LogP contribution is -2.34. The first-order valence-corrected chi connectivity index (χ1v) is 4.72. The number of nitrogens with zero attached hydrogens (tertiary/aromatic N) is 1. The number of amides is 1. The Morgan fingerprint density at radius 2 is 2.36 bits per heavy atom. The summed E-state index contributed by atoms with van der Waals surface area (Å²) in [5, 5.41) is 2.76. The third-order valence-electron chi connectivity index (χ3n) is 2.11. The van der Waals surface area contributed by atoms with Gasteiger partial charge in [-0.25, -0.2) is 0 Å². The lowest BCUT2D eigenvalue weighted by Gasteiger charge is -2.17. The first-order chi connectivity index (χ1) is 6.72. The number of rotatable bonds is 4. The largest absolute Gasteiger partial charge is 0.377 e. The van der Waals surface area contributed by atoms with Crippen LogP contribution >= 0.6 is 0 Å². The third-order valence-corrected chi connectivity index (χ3v) is 2.11. The Labute approximate surface area is 83.4 Å². The summed E-state index contributed by atoms with van der Waals surface area (Å²) >= 11 is 0. The van der Waals surface area contributed by atoms with Gasteiger partial charge in [0.05, 0.1) is 6.54 Å². The number of carbonyl (C=O) groups excluding carboxylic acids is 2. The highest BCUT2D eigenvalue weighted by Gasteiger charge is 2.15. The van der Waals surface area contributed by atoms with Crippen LogP contribution in [0.15, 0.2) is 0 Å². The molecule has 80 valence electrons. The fourth-order valence-corrected chi connectivity index (χ4v) is 1.43. The van der Waals surface area contributed by atoms with Crippen LogP contribution in [0.3, 0.4) is 0 Å². The molecule has 0 bridgehead atoms. The summed E-state index contributed by atoms with van der Waals surface area (Å²) < 4.78 is 4.74. The van der Waals surface area contributed by atoms with Crippen molar-refractivity contribution in [3.8, 4) is 0 Å². The molecule has 1 amide bonds. The van der Waals surface area contributed by atoms with Crippen molar-refractivity contribution in [3.05, 3.63) is 0 Å². The maximum Gasteiger partial charge on any atom is 0.221 e. The van der Waals surface area contributed by atoms with Gasteiger partial charge in [-0.05, 0) is 0 Å². The third kappa shape index (κ3) is 3.85. The monoisotopic (exact) mass is 200 g/mol. The lowest BCUT2D eigenvalue weighted by atomic mass is 10.3. The predicted octanol–water partition coefficient (Wildman–Crippen LogP) is -0.976. The molecular weight excluding hydrogens is 184 g/mol. The predicted molar refractivity (Wildman–Crippen MR) is 50.9 cm³/mol. The molecule has 5 heteroatoms. The molecule has 0 aromatic heterocycles. The zero-order chi connectivity index (χ0) is 10.4. The topological polar surface area (TPSA) is 58.6 Å². The number of carbonyl (C=O) groups is 2. The van der Waals surface area contributed by atoms with E-state index in [0.717, 1.165) is 6.54 Å². The van der Waals surface area contributed by atoms with Crippen molar-refractivity contribution in [1.29, 1.82) is 0 Å². The maximum atomic E-state index is 11.2. The fourth-order valence-electron chi connectivity index (χ4n) is 1.43. The molecule has 0 radical (unpaired) electrons. The molecule has 0 unspecified atom stereocenters. The summed E-state index contributed by atoms with van der Waals surface area (Å²) in [7, 11) is 1.51. The van der Waals surface area contributed by atoms with E-state index in [9.17, 15) is 9.59 Å². The van der Waals surface area contributed by atoms with Gasteiger partial charge in [0.15, 0.2) is 5.78 Å². The maximum absolute atomic E-state index is 11.2. The van der Waals surface area contributed by atoms with E-state index >= 15 is 0 Å². The summed E-state index contributed by atoms with van der Waals surface area (Å²) in [5.41, 5.74) is 0. The molecule has 1 aliphatic heterocycles. The number of ketones is 1. The molecule has 14 heavy (non-hydrogen) atoms. The van der Waals surface area contributed by atoms with Gasteiger partial charge < -0.3 is 10.1 Å². The summed E-state index contributed by atoms with van der Waals surface area (Å²) in [5.74, 6) is 0.119. The van der Waals surface area contributed by atoms with Crippen LogP contribution in [0, 0.1) is 0 Å². The molecule has 5 nitrogen and oxygen atoms in total. The van der Waals surface area contributed by atoms with Gasteiger partial charge >= 0.3 is 0 Å². The van der Waals surface area contributed by atoms with Crippen LogP contribution in [0.5, 0.6) is 0 Å². The van der Waals surface area contributed by atoms with Crippen LogP contribution in [-0.4, -0.2) is 56.5 Å². The first-order valence-electron chi connectivity index (χ1n) is 4.72. The molecule has 1 aliphatic rings. The average molecular weight is 200 g/mol. The second kappa shape index (κ2) is 5.72. The van der Waals surface area contributed by atoms with Crippen molar-refractivity contribution in [2.45, 2.75) is 6.42 Å². The van der Waals surface area contributed by atoms with Gasteiger partial charge in [0.2, 0.25) is 5.91 Å². The van der Waals surface area contributed by atoms with E-state index in [0.29, 0.717) is 26.1 Å². The fraction of sp³-hybridized carbons (Fsp3) is 0.778. The number of methoxy groups -OCH3 is 1. The molecule has 1 saturated heterocycles. The van der Waals surface area contributed by atoms with E-state index in [1.54, 1.807) is 0 Å². The van der Waals surface area contributed by atoms with Gasteiger partial charge in [-0.3, -0.25) is 14.5 Å². The van der Waals surface area contributed by atoms with Crippen molar-refractivity contribution < 1.29 is 14.3 Å². The smallest absolute Gasteiger partial charge is 0.221 e. The highest BCUT2D eigenvalue weighted by atomic mass is 16.5. The summed E-state index contributed by atoms with van der Waals surface area (Å²) in [6, 6.07) is 0. The Hall–Kier alpha value is -0.940. The molecule has 1 N–H and O–H groups in total. The lowest BCUT2D eigenvalue weighted by molar-refractivity contribution is -0.124. The molecule has 0 spiro atoms. The Bertz CT molecular complexity index is 218. The molecule has 1 fully saturated rings. The number of hydrogen-bond acceptors (Lipinski definition) is 4. The molecule has 0 aromatic carbocycles. The van der Waals surface area contributed by atoms with E-state index in [1.807, 2.05) is 4.90 Å². The summed E-state index contributed by atoms with van der Waals surface area (Å²) in [6.07, 6.45) is 0.472. The quantitative estimate of drug-likeness (QED) is 0.634. The minimum Gasteiger partial charge on any atom is -0.377 e. The van der Waals surface area contributed by atoms with Crippen molar-refractivity contribution in [1.82, 2.24) is 10.2 Å². The van der Waals surface area contributed by atoms with E-state index in [4.69, 9.17) is 4.74 Å². The van der Waals surface area contributed by atoms with Gasteiger partial charge in [0.25, 0.3) is 0 Å². The second-order valence-corrected chi connectivity index (χ2v) is 3.35. The average Bonchev–Trinajstić information content (AvgIpc) is 2.32. The molecule has 1 rings (SSSR count). The molecule has 0 saturated carbocycles. The Morgan fingerprint density at radius 1 is 1.57 bits per heavy atom. The molecule has 0 aromatic rings. The Kier molecular flexibility index (Phi) is 4.55. The number of ether oxygens (including phenoxy) is 1. The van der Waals surface area contributed by atoms with E-state index in [2.05, 4.69) is 5.32 Å². The van der Waals surface area contributed by atoms with E-state index < -0.39 is 0 Å². The minimum atomic E-state index is 0.0573. The van der Waals surface area contributed by atoms with E-state index in [-0.39, 0.29) is 18.3 Å². The Morgan fingerprint density at radius 3 is 3.07 bits per heavy atom. The van der Waals surface area contributed by atoms with Gasteiger partial charge in [0.1, 0.15) is 6.61 Å². The van der Waals surface area contributed by atoms with Gasteiger partial charge in [-0.15, -0.1) is 0 Å². The van der Waals surface area contributed by atoms with Crippen LogP contribution in [0.2, 0.25) is 0 Å². The van der Waals surface area contributed by atoms with Gasteiger partial charge in [-0.1, -0.05) is 0 Å². The van der Waals surface area contributed by atoms with Crippen molar-refractivity contribution in [2.75, 3.05) is 39.9 Å². The summed E-state index contributed by atoms with van der Waals surface area (Å²) in [6.45, 7) is 2.54. The SMILES string of the molecule is COCC(=O)CN1CCNC(=O)CC1. The van der Waals surface area contributed by atoms with Crippen molar-refractivity contribution in [2.24, 2.45) is 0 Å². The van der Waals surface area contributed by atoms with Crippen LogP contribution in [0.25, 0.3) is 0 Å². The summed E-state index contributed by atoms with van der Waals surface area (Å²) in [4.78, 5) is 24.2. The van der Waals surface area contributed by atoms with Crippen molar-refractivity contribution >= 4 is 11.7 Å². The number of Topliss-reactive ketones (excluding diaryl/α,β-unsaturated/α-hetero) is 1. The molecular formula is C9H16N2O3. The second-order valence-electron chi connectivity index (χ2n) is 3.35. The van der Waals surface area contributed by atoms with Crippen LogP contribution in [-0.2, 0) is 14.3 Å². The minimum absolute atomic E-state index is 0.0573. The molecule has 0 aliphatic carbocycles. The highest BCUT2D eigenvalue weighted by molar-refractivity contribution is 5.82. The molecule has 1 heterocycles. The van der Waals surface area contributed by atoms with Crippen LogP contribution < -0.4 is 5.32 Å². The van der Waals surface area contributed by atoms with Gasteiger partial charge in [0, 0.05) is 33.2 Å². The number of nitrogens with one attached hydrogen (secondary N) is 1. The standard InChI is InChI=1S/C9H16N2O3/c1-14-7-8(12)6-11-4-2-9(13)10-3-5-11/h2-7H2,1H3,(H,10,13). The zero-order valence-electron chi connectivity index (χ0n) is 8.41. The normalized spacial score (nSPS) is 18.8. The zero-order valence-corrected chi connectivity index (χ0v) is 8.41. The van der Waals surface area contributed by atoms with Crippen molar-refractivity contribution in [3.63, 3.8) is 0 Å². The van der Waals surface area contributed by atoms with Gasteiger partial charge in [-0.2, -0.15) is 0 Å². The molecule has 0 atom stereocenters.